The highest BCUT2D eigenvalue weighted by molar-refractivity contribution is 5.51. The minimum Gasteiger partial charge on any atom is -0.367 e. The van der Waals surface area contributed by atoms with E-state index in [0.717, 1.165) is 38.8 Å². The lowest BCUT2D eigenvalue weighted by Gasteiger charge is -2.24. The molecule has 0 aromatic heterocycles. The van der Waals surface area contributed by atoms with Crippen LogP contribution in [-0.2, 0) is 6.42 Å². The van der Waals surface area contributed by atoms with Crippen LogP contribution in [-0.4, -0.2) is 19.6 Å². The molecule has 1 fully saturated rings. The van der Waals surface area contributed by atoms with Crippen LogP contribution < -0.4 is 10.6 Å². The van der Waals surface area contributed by atoms with Gasteiger partial charge in [-0.05, 0) is 43.5 Å². The van der Waals surface area contributed by atoms with E-state index in [-0.39, 0.29) is 5.69 Å². The SMILES string of the molecule is NCCc1cc(F)c(N2CCCCCC2)c(F)c1. The zero-order chi connectivity index (χ0) is 13.0. The lowest BCUT2D eigenvalue weighted by atomic mass is 10.1. The van der Waals surface area contributed by atoms with Crippen LogP contribution in [0.5, 0.6) is 0 Å². The Labute approximate surface area is 107 Å². The van der Waals surface area contributed by atoms with E-state index in [2.05, 4.69) is 0 Å². The molecule has 2 N–H and O–H groups in total. The first kappa shape index (κ1) is 13.3. The Balaban J connectivity index is 2.26. The highest BCUT2D eigenvalue weighted by Crippen LogP contribution is 2.27. The van der Waals surface area contributed by atoms with Crippen LogP contribution in [0.3, 0.4) is 0 Å². The first-order chi connectivity index (χ1) is 8.72. The van der Waals surface area contributed by atoms with Crippen molar-refractivity contribution in [2.45, 2.75) is 32.1 Å². The van der Waals surface area contributed by atoms with Gasteiger partial charge in [-0.2, -0.15) is 0 Å². The largest absolute Gasteiger partial charge is 0.367 e. The van der Waals surface area contributed by atoms with Gasteiger partial charge >= 0.3 is 0 Å². The number of nitrogens with zero attached hydrogens (tertiary/aromatic N) is 1. The van der Waals surface area contributed by atoms with Crippen molar-refractivity contribution in [3.05, 3.63) is 29.3 Å². The third-order valence-electron chi connectivity index (χ3n) is 3.43. The lowest BCUT2D eigenvalue weighted by molar-refractivity contribution is 0.567. The molecule has 1 aromatic carbocycles. The van der Waals surface area contributed by atoms with Crippen molar-refractivity contribution in [2.75, 3.05) is 24.5 Å². The Morgan fingerprint density at radius 2 is 1.56 bits per heavy atom. The van der Waals surface area contributed by atoms with Crippen LogP contribution in [0, 0.1) is 11.6 Å². The third kappa shape index (κ3) is 2.99. The summed E-state index contributed by atoms with van der Waals surface area (Å²) in [6.45, 7) is 1.89. The van der Waals surface area contributed by atoms with Crippen molar-refractivity contribution in [3.63, 3.8) is 0 Å². The fraction of sp³-hybridized carbons (Fsp3) is 0.571. The molecule has 0 atom stereocenters. The van der Waals surface area contributed by atoms with E-state index in [9.17, 15) is 8.78 Å². The van der Waals surface area contributed by atoms with E-state index in [1.807, 2.05) is 4.90 Å². The maximum absolute atomic E-state index is 14.0. The molecule has 1 aliphatic rings. The van der Waals surface area contributed by atoms with Gasteiger partial charge in [-0.1, -0.05) is 12.8 Å². The predicted molar refractivity (Wildman–Crippen MR) is 69.8 cm³/mol. The summed E-state index contributed by atoms with van der Waals surface area (Å²) >= 11 is 0. The van der Waals surface area contributed by atoms with Gasteiger partial charge in [-0.25, -0.2) is 8.78 Å². The molecule has 0 saturated carbocycles. The van der Waals surface area contributed by atoms with Crippen molar-refractivity contribution < 1.29 is 8.78 Å². The van der Waals surface area contributed by atoms with Crippen molar-refractivity contribution in [1.29, 1.82) is 0 Å². The van der Waals surface area contributed by atoms with Gasteiger partial charge in [0.2, 0.25) is 0 Å². The van der Waals surface area contributed by atoms with E-state index in [4.69, 9.17) is 5.73 Å². The standard InChI is InChI=1S/C14H20F2N2/c15-12-9-11(5-6-17)10-13(16)14(12)18-7-3-1-2-4-8-18/h9-10H,1-8,17H2. The summed E-state index contributed by atoms with van der Waals surface area (Å²) in [4.78, 5) is 1.84. The van der Waals surface area contributed by atoms with Crippen molar-refractivity contribution in [3.8, 4) is 0 Å². The van der Waals surface area contributed by atoms with Gasteiger partial charge in [-0.15, -0.1) is 0 Å². The van der Waals surface area contributed by atoms with Gasteiger partial charge in [0.1, 0.15) is 17.3 Å². The molecule has 100 valence electrons. The summed E-state index contributed by atoms with van der Waals surface area (Å²) in [5.74, 6) is -0.916. The summed E-state index contributed by atoms with van der Waals surface area (Å²) in [6, 6.07) is 2.83. The van der Waals surface area contributed by atoms with Crippen LogP contribution >= 0.6 is 0 Å². The fourth-order valence-corrected chi connectivity index (χ4v) is 2.53. The number of anilines is 1. The summed E-state index contributed by atoms with van der Waals surface area (Å²) in [6.07, 6.45) is 4.80. The molecule has 1 aliphatic heterocycles. The molecule has 18 heavy (non-hydrogen) atoms. The monoisotopic (exact) mass is 254 g/mol. The minimum atomic E-state index is -0.458. The van der Waals surface area contributed by atoms with E-state index in [0.29, 0.717) is 18.5 Å². The topological polar surface area (TPSA) is 29.3 Å². The van der Waals surface area contributed by atoms with Crippen molar-refractivity contribution in [1.82, 2.24) is 0 Å². The van der Waals surface area contributed by atoms with Crippen LogP contribution in [0.4, 0.5) is 14.5 Å². The molecule has 0 unspecified atom stereocenters. The molecular formula is C14H20F2N2. The van der Waals surface area contributed by atoms with Gasteiger partial charge in [0.05, 0.1) is 0 Å². The maximum Gasteiger partial charge on any atom is 0.149 e. The van der Waals surface area contributed by atoms with Gasteiger partial charge < -0.3 is 10.6 Å². The quantitative estimate of drug-likeness (QED) is 0.898. The number of hydrogen-bond acceptors (Lipinski definition) is 2. The molecule has 2 nitrogen and oxygen atoms in total. The minimum absolute atomic E-state index is 0.137. The molecule has 1 aromatic rings. The summed E-state index contributed by atoms with van der Waals surface area (Å²) < 4.78 is 28.1. The molecule has 2 rings (SSSR count). The highest BCUT2D eigenvalue weighted by Gasteiger charge is 2.19. The Bertz CT molecular complexity index is 376. The molecule has 0 radical (unpaired) electrons. The normalized spacial score (nSPS) is 16.7. The molecule has 0 aliphatic carbocycles. The number of hydrogen-bond donors (Lipinski definition) is 1. The van der Waals surface area contributed by atoms with Crippen LogP contribution in [0.1, 0.15) is 31.2 Å². The third-order valence-corrected chi connectivity index (χ3v) is 3.43. The number of rotatable bonds is 3. The zero-order valence-corrected chi connectivity index (χ0v) is 10.6. The zero-order valence-electron chi connectivity index (χ0n) is 10.6. The predicted octanol–water partition coefficient (Wildman–Crippen LogP) is 2.85. The second-order valence-electron chi connectivity index (χ2n) is 4.85. The first-order valence-electron chi connectivity index (χ1n) is 6.65. The van der Waals surface area contributed by atoms with Gasteiger partial charge in [0.15, 0.2) is 0 Å². The first-order valence-corrected chi connectivity index (χ1v) is 6.65. The fourth-order valence-electron chi connectivity index (χ4n) is 2.53. The Hall–Kier alpha value is -1.16. The van der Waals surface area contributed by atoms with Gasteiger partial charge in [0.25, 0.3) is 0 Å². The molecule has 4 heteroatoms. The summed E-state index contributed by atoms with van der Waals surface area (Å²) in [7, 11) is 0. The van der Waals surface area contributed by atoms with E-state index in [1.165, 1.54) is 12.1 Å². The number of benzene rings is 1. The van der Waals surface area contributed by atoms with Crippen molar-refractivity contribution >= 4 is 5.69 Å². The second kappa shape index (κ2) is 6.14. The average Bonchev–Trinajstić information content (AvgIpc) is 2.57. The molecule has 0 amide bonds. The Kier molecular flexibility index (Phi) is 4.53. The molecule has 0 bridgehead atoms. The summed E-state index contributed by atoms with van der Waals surface area (Å²) in [5, 5.41) is 0. The molecule has 1 saturated heterocycles. The highest BCUT2D eigenvalue weighted by atomic mass is 19.1. The van der Waals surface area contributed by atoms with E-state index < -0.39 is 11.6 Å². The van der Waals surface area contributed by atoms with Crippen LogP contribution in [0.15, 0.2) is 12.1 Å². The molecular weight excluding hydrogens is 234 g/mol. The molecule has 1 heterocycles. The average molecular weight is 254 g/mol. The van der Waals surface area contributed by atoms with Crippen LogP contribution in [0.25, 0.3) is 0 Å². The van der Waals surface area contributed by atoms with Crippen LogP contribution in [0.2, 0.25) is 0 Å². The maximum atomic E-state index is 14.0. The lowest BCUT2D eigenvalue weighted by Crippen LogP contribution is -2.26. The molecule has 0 spiro atoms. The summed E-state index contributed by atoms with van der Waals surface area (Å²) in [5.41, 5.74) is 6.17. The van der Waals surface area contributed by atoms with Gasteiger partial charge in [-0.3, -0.25) is 0 Å². The van der Waals surface area contributed by atoms with Gasteiger partial charge in [0, 0.05) is 13.1 Å². The van der Waals surface area contributed by atoms with E-state index in [1.54, 1.807) is 0 Å². The smallest absolute Gasteiger partial charge is 0.149 e. The Morgan fingerprint density at radius 1 is 1.00 bits per heavy atom. The van der Waals surface area contributed by atoms with Crippen molar-refractivity contribution in [2.24, 2.45) is 5.73 Å². The van der Waals surface area contributed by atoms with E-state index >= 15 is 0 Å². The second-order valence-corrected chi connectivity index (χ2v) is 4.85. The number of halogens is 2. The Morgan fingerprint density at radius 3 is 2.06 bits per heavy atom. The number of nitrogens with two attached hydrogens (primary N) is 1.